The SMILES string of the molecule is Cc1nnc(NCCc2ccco2)c(C(N)=S)c1C. The monoisotopic (exact) mass is 276 g/mol. The highest BCUT2D eigenvalue weighted by atomic mass is 32.1. The molecule has 2 aromatic heterocycles. The molecular weight excluding hydrogens is 260 g/mol. The molecule has 0 saturated carbocycles. The lowest BCUT2D eigenvalue weighted by Crippen LogP contribution is -2.19. The Morgan fingerprint density at radius 1 is 1.42 bits per heavy atom. The van der Waals surface area contributed by atoms with Crippen molar-refractivity contribution in [2.24, 2.45) is 5.73 Å². The minimum atomic E-state index is 0.330. The van der Waals surface area contributed by atoms with Crippen molar-refractivity contribution in [3.05, 3.63) is 41.0 Å². The number of thiocarbonyl (C=S) groups is 1. The van der Waals surface area contributed by atoms with Crippen molar-refractivity contribution < 1.29 is 4.42 Å². The van der Waals surface area contributed by atoms with Gasteiger partial charge in [0, 0.05) is 13.0 Å². The molecule has 5 nitrogen and oxygen atoms in total. The summed E-state index contributed by atoms with van der Waals surface area (Å²) >= 11 is 5.08. The Bertz CT molecular complexity index is 581. The summed E-state index contributed by atoms with van der Waals surface area (Å²) in [6.07, 6.45) is 2.42. The van der Waals surface area contributed by atoms with Crippen LogP contribution in [0.4, 0.5) is 5.82 Å². The smallest absolute Gasteiger partial charge is 0.159 e. The van der Waals surface area contributed by atoms with Crippen molar-refractivity contribution in [1.82, 2.24) is 10.2 Å². The molecule has 0 bridgehead atoms. The highest BCUT2D eigenvalue weighted by Gasteiger charge is 2.13. The van der Waals surface area contributed by atoms with E-state index in [2.05, 4.69) is 15.5 Å². The van der Waals surface area contributed by atoms with E-state index >= 15 is 0 Å². The van der Waals surface area contributed by atoms with Crippen molar-refractivity contribution in [1.29, 1.82) is 0 Å². The van der Waals surface area contributed by atoms with Crippen LogP contribution in [0.25, 0.3) is 0 Å². The number of aromatic nitrogens is 2. The number of rotatable bonds is 5. The number of nitrogens with one attached hydrogen (secondary N) is 1. The summed E-state index contributed by atoms with van der Waals surface area (Å²) in [6.45, 7) is 4.51. The van der Waals surface area contributed by atoms with Crippen molar-refractivity contribution in [3.8, 4) is 0 Å². The van der Waals surface area contributed by atoms with Crippen molar-refractivity contribution in [3.63, 3.8) is 0 Å². The van der Waals surface area contributed by atoms with Crippen LogP contribution < -0.4 is 11.1 Å². The third-order valence-electron chi connectivity index (χ3n) is 2.94. The van der Waals surface area contributed by atoms with Crippen LogP contribution in [0.2, 0.25) is 0 Å². The number of hydrogen-bond acceptors (Lipinski definition) is 5. The summed E-state index contributed by atoms with van der Waals surface area (Å²) in [5.41, 5.74) is 8.32. The maximum absolute atomic E-state index is 5.76. The maximum atomic E-state index is 5.76. The van der Waals surface area contributed by atoms with Gasteiger partial charge in [0.1, 0.15) is 10.7 Å². The first kappa shape index (κ1) is 13.5. The van der Waals surface area contributed by atoms with Crippen LogP contribution in [-0.4, -0.2) is 21.7 Å². The second-order valence-electron chi connectivity index (χ2n) is 4.25. The zero-order valence-corrected chi connectivity index (χ0v) is 11.8. The third-order valence-corrected chi connectivity index (χ3v) is 3.15. The highest BCUT2D eigenvalue weighted by Crippen LogP contribution is 2.18. The van der Waals surface area contributed by atoms with Crippen LogP contribution in [0.1, 0.15) is 22.6 Å². The van der Waals surface area contributed by atoms with Gasteiger partial charge in [0.05, 0.1) is 17.5 Å². The number of nitrogens with two attached hydrogens (primary N) is 1. The molecule has 0 amide bonds. The molecule has 2 rings (SSSR count). The summed E-state index contributed by atoms with van der Waals surface area (Å²) in [6, 6.07) is 3.80. The molecule has 0 aliphatic carbocycles. The molecule has 0 saturated heterocycles. The van der Waals surface area contributed by atoms with E-state index in [4.69, 9.17) is 22.4 Å². The van der Waals surface area contributed by atoms with Crippen molar-refractivity contribution in [2.45, 2.75) is 20.3 Å². The number of nitrogens with zero attached hydrogens (tertiary/aromatic N) is 2. The van der Waals surface area contributed by atoms with E-state index in [0.717, 1.165) is 29.0 Å². The lowest BCUT2D eigenvalue weighted by molar-refractivity contribution is 0.513. The second-order valence-corrected chi connectivity index (χ2v) is 4.69. The molecule has 0 aliphatic rings. The van der Waals surface area contributed by atoms with E-state index in [1.807, 2.05) is 26.0 Å². The Balaban J connectivity index is 2.11. The predicted octanol–water partition coefficient (Wildman–Crippen LogP) is 1.98. The van der Waals surface area contributed by atoms with Gasteiger partial charge >= 0.3 is 0 Å². The molecule has 0 fully saturated rings. The normalized spacial score (nSPS) is 10.4. The predicted molar refractivity (Wildman–Crippen MR) is 78.3 cm³/mol. The zero-order chi connectivity index (χ0) is 13.8. The Labute approximate surface area is 117 Å². The van der Waals surface area contributed by atoms with E-state index in [1.165, 1.54) is 0 Å². The Morgan fingerprint density at radius 2 is 2.21 bits per heavy atom. The van der Waals surface area contributed by atoms with Crippen LogP contribution in [0.3, 0.4) is 0 Å². The third kappa shape index (κ3) is 3.08. The van der Waals surface area contributed by atoms with Gasteiger partial charge in [0.25, 0.3) is 0 Å². The van der Waals surface area contributed by atoms with E-state index in [1.54, 1.807) is 6.26 Å². The number of anilines is 1. The van der Waals surface area contributed by atoms with E-state index in [-0.39, 0.29) is 0 Å². The zero-order valence-electron chi connectivity index (χ0n) is 10.9. The second kappa shape index (κ2) is 5.79. The van der Waals surface area contributed by atoms with E-state index in [9.17, 15) is 0 Å². The van der Waals surface area contributed by atoms with Gasteiger partial charge in [0.2, 0.25) is 0 Å². The van der Waals surface area contributed by atoms with Crippen LogP contribution in [0.15, 0.2) is 22.8 Å². The average Bonchev–Trinajstić information content (AvgIpc) is 2.86. The Morgan fingerprint density at radius 3 is 2.84 bits per heavy atom. The van der Waals surface area contributed by atoms with Gasteiger partial charge in [-0.3, -0.25) is 0 Å². The van der Waals surface area contributed by atoms with Gasteiger partial charge in [-0.2, -0.15) is 5.10 Å². The molecule has 0 unspecified atom stereocenters. The van der Waals surface area contributed by atoms with Crippen LogP contribution in [-0.2, 0) is 6.42 Å². The Hall–Kier alpha value is -1.95. The fourth-order valence-electron chi connectivity index (χ4n) is 1.79. The van der Waals surface area contributed by atoms with Gasteiger partial charge < -0.3 is 15.5 Å². The quantitative estimate of drug-likeness (QED) is 0.813. The number of hydrogen-bond donors (Lipinski definition) is 2. The standard InChI is InChI=1S/C13H16N4OS/c1-8-9(2)16-17-13(11(8)12(14)19)15-6-5-10-4-3-7-18-10/h3-4,7H,5-6H2,1-2H3,(H2,14,19)(H,15,17). The maximum Gasteiger partial charge on any atom is 0.159 e. The van der Waals surface area contributed by atoms with Crippen LogP contribution >= 0.6 is 12.2 Å². The van der Waals surface area contributed by atoms with Gasteiger partial charge in [-0.05, 0) is 31.5 Å². The summed E-state index contributed by atoms with van der Waals surface area (Å²) < 4.78 is 5.27. The minimum absolute atomic E-state index is 0.330. The molecule has 100 valence electrons. The van der Waals surface area contributed by atoms with Gasteiger partial charge in [-0.15, -0.1) is 5.10 Å². The largest absolute Gasteiger partial charge is 0.469 e. The lowest BCUT2D eigenvalue weighted by Gasteiger charge is -2.12. The fourth-order valence-corrected chi connectivity index (χ4v) is 2.04. The first-order valence-electron chi connectivity index (χ1n) is 5.99. The van der Waals surface area contributed by atoms with Crippen LogP contribution in [0, 0.1) is 13.8 Å². The van der Waals surface area contributed by atoms with Gasteiger partial charge in [-0.25, -0.2) is 0 Å². The molecule has 0 radical (unpaired) electrons. The van der Waals surface area contributed by atoms with E-state index in [0.29, 0.717) is 17.4 Å². The molecule has 2 heterocycles. The summed E-state index contributed by atoms with van der Waals surface area (Å²) in [7, 11) is 0. The molecule has 19 heavy (non-hydrogen) atoms. The van der Waals surface area contributed by atoms with E-state index < -0.39 is 0 Å². The Kier molecular flexibility index (Phi) is 4.11. The summed E-state index contributed by atoms with van der Waals surface area (Å²) in [4.78, 5) is 0.330. The van der Waals surface area contributed by atoms with Gasteiger partial charge in [0.15, 0.2) is 5.82 Å². The summed E-state index contributed by atoms with van der Waals surface area (Å²) in [5.74, 6) is 1.54. The molecule has 0 spiro atoms. The fraction of sp³-hybridized carbons (Fsp3) is 0.308. The highest BCUT2D eigenvalue weighted by molar-refractivity contribution is 7.80. The topological polar surface area (TPSA) is 77.0 Å². The molecule has 0 aliphatic heterocycles. The average molecular weight is 276 g/mol. The number of aryl methyl sites for hydroxylation is 1. The summed E-state index contributed by atoms with van der Waals surface area (Å²) in [5, 5.41) is 11.4. The molecular formula is C13H16N4OS. The first-order valence-corrected chi connectivity index (χ1v) is 6.40. The molecule has 2 aromatic rings. The molecule has 0 aromatic carbocycles. The van der Waals surface area contributed by atoms with Crippen molar-refractivity contribution >= 4 is 23.0 Å². The van der Waals surface area contributed by atoms with Crippen LogP contribution in [0.5, 0.6) is 0 Å². The number of furan rings is 1. The minimum Gasteiger partial charge on any atom is -0.469 e. The first-order chi connectivity index (χ1) is 9.09. The lowest BCUT2D eigenvalue weighted by atomic mass is 10.1. The molecule has 3 N–H and O–H groups in total. The van der Waals surface area contributed by atoms with Gasteiger partial charge in [-0.1, -0.05) is 12.2 Å². The molecule has 6 heteroatoms. The van der Waals surface area contributed by atoms with Crippen molar-refractivity contribution in [2.75, 3.05) is 11.9 Å². The molecule has 0 atom stereocenters.